The van der Waals surface area contributed by atoms with Gasteiger partial charge in [0, 0.05) is 29.1 Å². The number of hydrogen-bond donors (Lipinski definition) is 1. The van der Waals surface area contributed by atoms with E-state index in [0.29, 0.717) is 6.42 Å². The van der Waals surface area contributed by atoms with Crippen LogP contribution in [-0.2, 0) is 12.0 Å². The Morgan fingerprint density at radius 3 is 2.84 bits per heavy atom. The molecule has 0 spiro atoms. The molecule has 19 heavy (non-hydrogen) atoms. The number of hydrogen-bond acceptors (Lipinski definition) is 3. The highest BCUT2D eigenvalue weighted by molar-refractivity contribution is 7.17. The number of thiophene rings is 1. The summed E-state index contributed by atoms with van der Waals surface area (Å²) in [4.78, 5) is 4.09. The van der Waals surface area contributed by atoms with Crippen LogP contribution < -0.4 is 0 Å². The molecule has 0 aliphatic carbocycles. The Labute approximate surface area is 116 Å². The van der Waals surface area contributed by atoms with E-state index in [9.17, 15) is 5.11 Å². The molecule has 0 saturated carbocycles. The predicted molar refractivity (Wildman–Crippen MR) is 79.3 cm³/mol. The Kier molecular flexibility index (Phi) is 3.09. The third kappa shape index (κ3) is 2.39. The zero-order valence-corrected chi connectivity index (χ0v) is 11.5. The lowest BCUT2D eigenvalue weighted by molar-refractivity contribution is 0.0577. The first-order chi connectivity index (χ1) is 9.17. The number of fused-ring (bicyclic) bond motifs is 1. The predicted octanol–water partition coefficient (Wildman–Crippen LogP) is 3.75. The molecule has 3 aromatic rings. The fourth-order valence-corrected chi connectivity index (χ4v) is 3.29. The monoisotopic (exact) mass is 269 g/mol. The first-order valence-electron chi connectivity index (χ1n) is 6.25. The summed E-state index contributed by atoms with van der Waals surface area (Å²) in [6.07, 6.45) is 4.05. The van der Waals surface area contributed by atoms with E-state index in [2.05, 4.69) is 22.5 Å². The van der Waals surface area contributed by atoms with Gasteiger partial charge in [-0.2, -0.15) is 0 Å². The standard InChI is InChI=1S/C16H15NOS/c1-16(18,13-5-4-8-17-10-13)9-12-11-19-15-7-3-2-6-14(12)15/h2-8,10-11,18H,9H2,1H3. The Bertz CT molecular complexity index is 688. The molecule has 1 atom stereocenters. The van der Waals surface area contributed by atoms with Crippen LogP contribution in [0.3, 0.4) is 0 Å². The number of rotatable bonds is 3. The average molecular weight is 269 g/mol. The zero-order chi connectivity index (χ0) is 13.3. The topological polar surface area (TPSA) is 33.1 Å². The first kappa shape index (κ1) is 12.3. The van der Waals surface area contributed by atoms with Gasteiger partial charge in [-0.3, -0.25) is 4.98 Å². The van der Waals surface area contributed by atoms with Crippen LogP contribution in [0.1, 0.15) is 18.1 Å². The molecule has 0 saturated heterocycles. The summed E-state index contributed by atoms with van der Waals surface area (Å²) in [5.41, 5.74) is 1.15. The van der Waals surface area contributed by atoms with Gasteiger partial charge in [0.1, 0.15) is 0 Å². The third-order valence-corrected chi connectivity index (χ3v) is 4.39. The second kappa shape index (κ2) is 4.76. The van der Waals surface area contributed by atoms with E-state index in [1.807, 2.05) is 31.2 Å². The Hall–Kier alpha value is -1.71. The van der Waals surface area contributed by atoms with Crippen LogP contribution in [0.15, 0.2) is 54.2 Å². The molecular weight excluding hydrogens is 254 g/mol. The third-order valence-electron chi connectivity index (χ3n) is 3.38. The van der Waals surface area contributed by atoms with Gasteiger partial charge >= 0.3 is 0 Å². The Morgan fingerprint density at radius 2 is 2.05 bits per heavy atom. The van der Waals surface area contributed by atoms with E-state index in [4.69, 9.17) is 0 Å². The largest absolute Gasteiger partial charge is 0.385 e. The molecule has 2 heterocycles. The Morgan fingerprint density at radius 1 is 1.21 bits per heavy atom. The molecule has 1 N–H and O–H groups in total. The van der Waals surface area contributed by atoms with Crippen molar-refractivity contribution in [3.8, 4) is 0 Å². The van der Waals surface area contributed by atoms with E-state index in [0.717, 1.165) is 5.56 Å². The van der Waals surface area contributed by atoms with Crippen molar-refractivity contribution in [1.29, 1.82) is 0 Å². The van der Waals surface area contributed by atoms with Crippen molar-refractivity contribution in [3.63, 3.8) is 0 Å². The lowest BCUT2D eigenvalue weighted by Gasteiger charge is -2.23. The molecule has 96 valence electrons. The summed E-state index contributed by atoms with van der Waals surface area (Å²) < 4.78 is 1.26. The normalized spacial score (nSPS) is 14.4. The molecule has 0 aliphatic rings. The number of nitrogens with zero attached hydrogens (tertiary/aromatic N) is 1. The van der Waals surface area contributed by atoms with Crippen LogP contribution in [0.5, 0.6) is 0 Å². The summed E-state index contributed by atoms with van der Waals surface area (Å²) >= 11 is 1.72. The van der Waals surface area contributed by atoms with Crippen molar-refractivity contribution in [3.05, 3.63) is 65.3 Å². The van der Waals surface area contributed by atoms with E-state index in [1.54, 1.807) is 23.7 Å². The van der Waals surface area contributed by atoms with Crippen molar-refractivity contribution >= 4 is 21.4 Å². The quantitative estimate of drug-likeness (QED) is 0.785. The molecule has 1 unspecified atom stereocenters. The second-order valence-electron chi connectivity index (χ2n) is 4.95. The number of benzene rings is 1. The summed E-state index contributed by atoms with van der Waals surface area (Å²) in [7, 11) is 0. The van der Waals surface area contributed by atoms with Gasteiger partial charge in [0.2, 0.25) is 0 Å². The van der Waals surface area contributed by atoms with Gasteiger partial charge in [0.25, 0.3) is 0 Å². The fraction of sp³-hybridized carbons (Fsp3) is 0.188. The molecule has 2 nitrogen and oxygen atoms in total. The van der Waals surface area contributed by atoms with Crippen LogP contribution in [0, 0.1) is 0 Å². The molecule has 3 rings (SSSR count). The van der Waals surface area contributed by atoms with Crippen LogP contribution in [0.25, 0.3) is 10.1 Å². The highest BCUT2D eigenvalue weighted by Gasteiger charge is 2.24. The maximum atomic E-state index is 10.7. The number of aliphatic hydroxyl groups is 1. The maximum absolute atomic E-state index is 10.7. The van der Waals surface area contributed by atoms with Crippen molar-refractivity contribution in [2.24, 2.45) is 0 Å². The number of pyridine rings is 1. The van der Waals surface area contributed by atoms with Crippen molar-refractivity contribution in [2.75, 3.05) is 0 Å². The van der Waals surface area contributed by atoms with Gasteiger partial charge in [-0.1, -0.05) is 24.3 Å². The zero-order valence-electron chi connectivity index (χ0n) is 10.7. The fourth-order valence-electron chi connectivity index (χ4n) is 2.32. The maximum Gasteiger partial charge on any atom is 0.0924 e. The van der Waals surface area contributed by atoms with Gasteiger partial charge in [-0.25, -0.2) is 0 Å². The molecule has 0 bridgehead atoms. The number of aromatic nitrogens is 1. The van der Waals surface area contributed by atoms with Crippen LogP contribution in [-0.4, -0.2) is 10.1 Å². The van der Waals surface area contributed by atoms with Gasteiger partial charge < -0.3 is 5.11 Å². The SMILES string of the molecule is CC(O)(Cc1csc2ccccc12)c1cccnc1. The summed E-state index contributed by atoms with van der Waals surface area (Å²) in [6.45, 7) is 1.84. The van der Waals surface area contributed by atoms with E-state index >= 15 is 0 Å². The summed E-state index contributed by atoms with van der Waals surface area (Å²) in [5.74, 6) is 0. The molecule has 1 aromatic carbocycles. The second-order valence-corrected chi connectivity index (χ2v) is 5.86. The molecular formula is C16H15NOS. The summed E-state index contributed by atoms with van der Waals surface area (Å²) in [5, 5.41) is 14.0. The average Bonchev–Trinajstić information content (AvgIpc) is 2.83. The highest BCUT2D eigenvalue weighted by Crippen LogP contribution is 2.32. The highest BCUT2D eigenvalue weighted by atomic mass is 32.1. The molecule has 0 fully saturated rings. The molecule has 2 aromatic heterocycles. The smallest absolute Gasteiger partial charge is 0.0924 e. The molecule has 0 radical (unpaired) electrons. The first-order valence-corrected chi connectivity index (χ1v) is 7.13. The van der Waals surface area contributed by atoms with Gasteiger partial charge in [-0.15, -0.1) is 11.3 Å². The minimum absolute atomic E-state index is 0.600. The lowest BCUT2D eigenvalue weighted by Crippen LogP contribution is -2.24. The molecule has 0 amide bonds. The van der Waals surface area contributed by atoms with Gasteiger partial charge in [-0.05, 0) is 35.4 Å². The van der Waals surface area contributed by atoms with Crippen LogP contribution >= 0.6 is 11.3 Å². The molecule has 3 heteroatoms. The van der Waals surface area contributed by atoms with E-state index in [1.165, 1.54) is 15.6 Å². The summed E-state index contributed by atoms with van der Waals surface area (Å²) in [6, 6.07) is 12.1. The van der Waals surface area contributed by atoms with Crippen molar-refractivity contribution < 1.29 is 5.11 Å². The Balaban J connectivity index is 1.96. The van der Waals surface area contributed by atoms with E-state index in [-0.39, 0.29) is 0 Å². The van der Waals surface area contributed by atoms with Crippen molar-refractivity contribution in [2.45, 2.75) is 18.9 Å². The lowest BCUT2D eigenvalue weighted by atomic mass is 9.90. The minimum atomic E-state index is -0.891. The van der Waals surface area contributed by atoms with Crippen molar-refractivity contribution in [1.82, 2.24) is 4.98 Å². The minimum Gasteiger partial charge on any atom is -0.385 e. The van der Waals surface area contributed by atoms with Gasteiger partial charge in [0.05, 0.1) is 5.60 Å². The van der Waals surface area contributed by atoms with Crippen LogP contribution in [0.4, 0.5) is 0 Å². The molecule has 0 aliphatic heterocycles. The van der Waals surface area contributed by atoms with E-state index < -0.39 is 5.60 Å². The van der Waals surface area contributed by atoms with Gasteiger partial charge in [0.15, 0.2) is 0 Å². The van der Waals surface area contributed by atoms with Crippen LogP contribution in [0.2, 0.25) is 0 Å².